The van der Waals surface area contributed by atoms with Crippen molar-refractivity contribution in [2.75, 3.05) is 6.54 Å². The smallest absolute Gasteiger partial charge is 0.326 e. The summed E-state index contributed by atoms with van der Waals surface area (Å²) < 4.78 is 0. The summed E-state index contributed by atoms with van der Waals surface area (Å²) in [6.45, 7) is 2.71. The van der Waals surface area contributed by atoms with Crippen molar-refractivity contribution in [3.05, 3.63) is 0 Å². The Morgan fingerprint density at radius 2 is 1.71 bits per heavy atom. The minimum absolute atomic E-state index is 0.150. The number of aliphatic hydroxyl groups is 2. The highest BCUT2D eigenvalue weighted by Crippen LogP contribution is 2.20. The van der Waals surface area contributed by atoms with E-state index in [1.54, 1.807) is 0 Å². The van der Waals surface area contributed by atoms with Gasteiger partial charge in [-0.15, -0.1) is 0 Å². The fourth-order valence-electron chi connectivity index (χ4n) is 3.15. The second kappa shape index (κ2) is 11.6. The minimum atomic E-state index is -1.42. The summed E-state index contributed by atoms with van der Waals surface area (Å²) in [6, 6.07) is -5.13. The van der Waals surface area contributed by atoms with Crippen LogP contribution in [0.15, 0.2) is 0 Å². The Balaban J connectivity index is 2.92. The highest BCUT2D eigenvalue weighted by molar-refractivity contribution is 5.95. The average Bonchev–Trinajstić information content (AvgIpc) is 3.16. The third-order valence-electron chi connectivity index (χ3n) is 5.00. The van der Waals surface area contributed by atoms with Gasteiger partial charge in [-0.05, 0) is 33.1 Å². The molecule has 1 rings (SSSR count). The van der Waals surface area contributed by atoms with Crippen LogP contribution in [0.2, 0.25) is 0 Å². The van der Waals surface area contributed by atoms with Gasteiger partial charge in [-0.2, -0.15) is 0 Å². The number of carbonyl (C=O) groups is 5. The van der Waals surface area contributed by atoms with Crippen LogP contribution in [0.1, 0.15) is 39.5 Å². The van der Waals surface area contributed by atoms with E-state index in [2.05, 4.69) is 10.6 Å². The molecule has 0 aromatic rings. The van der Waals surface area contributed by atoms with Crippen LogP contribution in [-0.4, -0.2) is 92.7 Å². The number of hydrogen-bond acceptors (Lipinski definition) is 8. The fraction of sp³-hybridized carbons (Fsp3) is 0.722. The van der Waals surface area contributed by atoms with Crippen molar-refractivity contribution in [3.63, 3.8) is 0 Å². The maximum absolute atomic E-state index is 13.0. The molecule has 4 amide bonds. The largest absolute Gasteiger partial charge is 0.480 e. The molecule has 1 aliphatic rings. The molecule has 13 heteroatoms. The molecule has 0 aromatic heterocycles. The number of likely N-dealkylation sites (tertiary alicyclic amines) is 1. The van der Waals surface area contributed by atoms with Crippen LogP contribution < -0.4 is 22.1 Å². The van der Waals surface area contributed by atoms with Crippen LogP contribution in [0.5, 0.6) is 0 Å². The predicted octanol–water partition coefficient (Wildman–Crippen LogP) is -3.61. The van der Waals surface area contributed by atoms with E-state index in [9.17, 15) is 39.3 Å². The first-order valence-corrected chi connectivity index (χ1v) is 9.90. The van der Waals surface area contributed by atoms with Crippen molar-refractivity contribution >= 4 is 29.6 Å². The Morgan fingerprint density at radius 1 is 1.10 bits per heavy atom. The molecule has 6 unspecified atom stereocenters. The van der Waals surface area contributed by atoms with Crippen LogP contribution in [-0.2, 0) is 24.0 Å². The van der Waals surface area contributed by atoms with Gasteiger partial charge in [-0.3, -0.25) is 19.2 Å². The second-order valence-corrected chi connectivity index (χ2v) is 7.59. The molecule has 1 fully saturated rings. The topological polar surface area (TPSA) is 225 Å². The molecule has 9 N–H and O–H groups in total. The zero-order valence-corrected chi connectivity index (χ0v) is 17.5. The maximum atomic E-state index is 13.0. The molecule has 0 saturated carbocycles. The van der Waals surface area contributed by atoms with Crippen molar-refractivity contribution in [1.82, 2.24) is 15.5 Å². The monoisotopic (exact) mass is 445 g/mol. The molecule has 31 heavy (non-hydrogen) atoms. The van der Waals surface area contributed by atoms with Gasteiger partial charge in [-0.1, -0.05) is 0 Å². The van der Waals surface area contributed by atoms with Crippen LogP contribution in [0, 0.1) is 0 Å². The van der Waals surface area contributed by atoms with Gasteiger partial charge in [0.2, 0.25) is 23.6 Å². The number of aliphatic hydroxyl groups excluding tert-OH is 2. The highest BCUT2D eigenvalue weighted by atomic mass is 16.4. The van der Waals surface area contributed by atoms with E-state index < -0.39 is 66.0 Å². The maximum Gasteiger partial charge on any atom is 0.326 e. The number of rotatable bonds is 11. The predicted molar refractivity (Wildman–Crippen MR) is 106 cm³/mol. The van der Waals surface area contributed by atoms with Crippen molar-refractivity contribution in [2.24, 2.45) is 11.5 Å². The lowest BCUT2D eigenvalue weighted by molar-refractivity contribution is -0.146. The summed E-state index contributed by atoms with van der Waals surface area (Å²) in [5.74, 6) is -4.41. The van der Waals surface area contributed by atoms with Gasteiger partial charge < -0.3 is 42.3 Å². The van der Waals surface area contributed by atoms with Gasteiger partial charge in [0.1, 0.15) is 24.2 Å². The standard InChI is InChI=1S/C18H31N5O8/c1-8(24)13(20)16(28)22-14(9(2)25)17(29)23-7-3-4-11(23)15(27)21-10(18(30)31)5-6-12(19)26/h8-11,13-14,24-25H,3-7,20H2,1-2H3,(H2,19,26)(H,21,27)(H,22,28)(H,30,31). The minimum Gasteiger partial charge on any atom is -0.480 e. The number of hydrogen-bond donors (Lipinski definition) is 7. The van der Waals surface area contributed by atoms with Crippen LogP contribution >= 0.6 is 0 Å². The Kier molecular flexibility index (Phi) is 9.81. The highest BCUT2D eigenvalue weighted by Gasteiger charge is 2.40. The third-order valence-corrected chi connectivity index (χ3v) is 5.00. The molecular formula is C18H31N5O8. The van der Waals surface area contributed by atoms with Crippen LogP contribution in [0.3, 0.4) is 0 Å². The number of carbonyl (C=O) groups excluding carboxylic acids is 4. The number of nitrogens with two attached hydrogens (primary N) is 2. The van der Waals surface area contributed by atoms with Crippen molar-refractivity contribution in [1.29, 1.82) is 0 Å². The number of nitrogens with one attached hydrogen (secondary N) is 2. The molecule has 6 atom stereocenters. The Hall–Kier alpha value is -2.77. The number of primary amides is 1. The molecule has 0 aliphatic carbocycles. The normalized spacial score (nSPS) is 20.8. The van der Waals surface area contributed by atoms with Gasteiger partial charge in [0.25, 0.3) is 0 Å². The first-order valence-electron chi connectivity index (χ1n) is 9.90. The number of amides is 4. The van der Waals surface area contributed by atoms with E-state index in [4.69, 9.17) is 11.5 Å². The zero-order chi connectivity index (χ0) is 23.9. The summed E-state index contributed by atoms with van der Waals surface area (Å²) in [4.78, 5) is 61.1. The third kappa shape index (κ3) is 7.45. The molecule has 1 saturated heterocycles. The van der Waals surface area contributed by atoms with E-state index >= 15 is 0 Å². The Labute approximate surface area is 179 Å². The first kappa shape index (κ1) is 26.3. The molecule has 0 bridgehead atoms. The number of carboxylic acids is 1. The number of nitrogens with zero attached hydrogens (tertiary/aromatic N) is 1. The van der Waals surface area contributed by atoms with E-state index in [0.29, 0.717) is 6.42 Å². The van der Waals surface area contributed by atoms with Gasteiger partial charge in [-0.25, -0.2) is 4.79 Å². The Morgan fingerprint density at radius 3 is 2.19 bits per heavy atom. The molecule has 176 valence electrons. The van der Waals surface area contributed by atoms with Crippen molar-refractivity contribution in [2.45, 2.75) is 75.9 Å². The molecule has 0 aromatic carbocycles. The second-order valence-electron chi connectivity index (χ2n) is 7.59. The van der Waals surface area contributed by atoms with Crippen LogP contribution in [0.25, 0.3) is 0 Å². The van der Waals surface area contributed by atoms with Gasteiger partial charge in [0.15, 0.2) is 0 Å². The van der Waals surface area contributed by atoms with Crippen LogP contribution in [0.4, 0.5) is 0 Å². The summed E-state index contributed by atoms with van der Waals surface area (Å²) >= 11 is 0. The SMILES string of the molecule is CC(O)C(N)C(=O)NC(C(=O)N1CCCC1C(=O)NC(CCC(N)=O)C(=O)O)C(C)O. The van der Waals surface area contributed by atoms with Gasteiger partial charge in [0.05, 0.1) is 12.2 Å². The Bertz CT molecular complexity index is 698. The lowest BCUT2D eigenvalue weighted by atomic mass is 10.1. The van der Waals surface area contributed by atoms with Gasteiger partial charge in [0, 0.05) is 13.0 Å². The van der Waals surface area contributed by atoms with Crippen molar-refractivity contribution in [3.8, 4) is 0 Å². The van der Waals surface area contributed by atoms with Gasteiger partial charge >= 0.3 is 5.97 Å². The summed E-state index contributed by atoms with van der Waals surface area (Å²) in [6.07, 6.45) is -2.29. The summed E-state index contributed by atoms with van der Waals surface area (Å²) in [5.41, 5.74) is 10.6. The summed E-state index contributed by atoms with van der Waals surface area (Å²) in [5, 5.41) is 33.3. The molecule has 1 aliphatic heterocycles. The van der Waals surface area contributed by atoms with E-state index in [-0.39, 0.29) is 25.8 Å². The fourth-order valence-corrected chi connectivity index (χ4v) is 3.15. The lowest BCUT2D eigenvalue weighted by Crippen LogP contribution is -2.60. The summed E-state index contributed by atoms with van der Waals surface area (Å²) in [7, 11) is 0. The molecule has 1 heterocycles. The van der Waals surface area contributed by atoms with Crippen molar-refractivity contribution < 1.29 is 39.3 Å². The average molecular weight is 445 g/mol. The molecule has 0 radical (unpaired) electrons. The number of aliphatic carboxylic acids is 1. The van der Waals surface area contributed by atoms with E-state index in [1.807, 2.05) is 0 Å². The van der Waals surface area contributed by atoms with E-state index in [1.165, 1.54) is 13.8 Å². The zero-order valence-electron chi connectivity index (χ0n) is 17.5. The molecule has 13 nitrogen and oxygen atoms in total. The number of carboxylic acid groups (broad SMARTS) is 1. The quantitative estimate of drug-likeness (QED) is 0.166. The lowest BCUT2D eigenvalue weighted by Gasteiger charge is -2.31. The molecular weight excluding hydrogens is 414 g/mol. The van der Waals surface area contributed by atoms with E-state index in [0.717, 1.165) is 4.90 Å². The molecule has 0 spiro atoms. The first-order chi connectivity index (χ1) is 14.4.